The maximum atomic E-state index is 12.5. The summed E-state index contributed by atoms with van der Waals surface area (Å²) in [5.74, 6) is -0.538. The summed E-state index contributed by atoms with van der Waals surface area (Å²) in [7, 11) is 1.40. The van der Waals surface area contributed by atoms with Crippen molar-refractivity contribution >= 4 is 22.6 Å². The summed E-state index contributed by atoms with van der Waals surface area (Å²) < 4.78 is 10.2. The lowest BCUT2D eigenvalue weighted by Crippen LogP contribution is -2.10. The largest absolute Gasteiger partial charge is 0.496 e. The summed E-state index contributed by atoms with van der Waals surface area (Å²) >= 11 is 0. The predicted molar refractivity (Wildman–Crippen MR) is 86.3 cm³/mol. The number of benzene rings is 2. The fourth-order valence-electron chi connectivity index (χ4n) is 2.28. The highest BCUT2D eigenvalue weighted by Crippen LogP contribution is 2.32. The van der Waals surface area contributed by atoms with Crippen molar-refractivity contribution in [1.82, 2.24) is 4.98 Å². The summed E-state index contributed by atoms with van der Waals surface area (Å²) in [6, 6.07) is 12.6. The molecule has 120 valence electrons. The van der Waals surface area contributed by atoms with Gasteiger partial charge in [-0.1, -0.05) is 18.2 Å². The molecule has 0 radical (unpaired) electrons. The van der Waals surface area contributed by atoms with Crippen LogP contribution < -0.4 is 9.47 Å². The van der Waals surface area contributed by atoms with Crippen molar-refractivity contribution in [2.24, 2.45) is 0 Å². The molecule has 1 heterocycles. The van der Waals surface area contributed by atoms with Crippen LogP contribution in [0, 0.1) is 10.1 Å². The predicted octanol–water partition coefficient (Wildman–Crippen LogP) is 3.37. The number of aromatic nitrogens is 1. The van der Waals surface area contributed by atoms with Gasteiger partial charge in [-0.3, -0.25) is 15.1 Å². The molecular weight excluding hydrogens is 312 g/mol. The molecule has 0 N–H and O–H groups in total. The zero-order valence-corrected chi connectivity index (χ0v) is 12.6. The number of para-hydroxylation sites is 1. The maximum Gasteiger partial charge on any atom is 0.344 e. The molecule has 1 aromatic heterocycles. The van der Waals surface area contributed by atoms with Crippen molar-refractivity contribution < 1.29 is 19.2 Å². The molecule has 24 heavy (non-hydrogen) atoms. The van der Waals surface area contributed by atoms with Gasteiger partial charge in [0.1, 0.15) is 5.75 Å². The normalized spacial score (nSPS) is 10.4. The topological polar surface area (TPSA) is 91.6 Å². The van der Waals surface area contributed by atoms with Gasteiger partial charge < -0.3 is 9.47 Å². The van der Waals surface area contributed by atoms with Crippen LogP contribution in [0.1, 0.15) is 10.4 Å². The lowest BCUT2D eigenvalue weighted by Gasteiger charge is -2.08. The molecule has 0 saturated heterocycles. The van der Waals surface area contributed by atoms with E-state index in [-0.39, 0.29) is 17.0 Å². The van der Waals surface area contributed by atoms with Crippen molar-refractivity contribution in [1.29, 1.82) is 0 Å². The third-order valence-corrected chi connectivity index (χ3v) is 3.43. The molecule has 3 rings (SSSR count). The lowest BCUT2D eigenvalue weighted by molar-refractivity contribution is -0.385. The Balaban J connectivity index is 1.99. The Morgan fingerprint density at radius 1 is 1.17 bits per heavy atom. The van der Waals surface area contributed by atoms with E-state index in [4.69, 9.17) is 9.47 Å². The molecule has 2 aromatic carbocycles. The third kappa shape index (κ3) is 2.87. The summed E-state index contributed by atoms with van der Waals surface area (Å²) in [5, 5.41) is 11.8. The number of methoxy groups -OCH3 is 1. The second kappa shape index (κ2) is 6.33. The molecule has 3 aromatic rings. The molecule has 7 heteroatoms. The fraction of sp³-hybridized carbons (Fsp3) is 0.0588. The maximum absolute atomic E-state index is 12.5. The zero-order valence-electron chi connectivity index (χ0n) is 12.6. The van der Waals surface area contributed by atoms with Gasteiger partial charge in [-0.15, -0.1) is 0 Å². The number of hydrogen-bond acceptors (Lipinski definition) is 6. The minimum atomic E-state index is -0.693. The van der Waals surface area contributed by atoms with E-state index in [0.29, 0.717) is 16.7 Å². The fourth-order valence-corrected chi connectivity index (χ4v) is 2.28. The van der Waals surface area contributed by atoms with Gasteiger partial charge in [-0.2, -0.15) is 0 Å². The Labute approximate surface area is 136 Å². The molecule has 0 aliphatic carbocycles. The molecule has 0 amide bonds. The highest BCUT2D eigenvalue weighted by molar-refractivity contribution is 6.04. The van der Waals surface area contributed by atoms with E-state index in [1.54, 1.807) is 24.3 Å². The average Bonchev–Trinajstić information content (AvgIpc) is 2.61. The van der Waals surface area contributed by atoms with Crippen LogP contribution in [0.4, 0.5) is 5.69 Å². The van der Waals surface area contributed by atoms with Crippen molar-refractivity contribution in [3.05, 3.63) is 70.4 Å². The summed E-state index contributed by atoms with van der Waals surface area (Å²) in [6.45, 7) is 0. The molecule has 0 fully saturated rings. The monoisotopic (exact) mass is 324 g/mol. The Kier molecular flexibility index (Phi) is 4.07. The zero-order chi connectivity index (χ0) is 17.1. The van der Waals surface area contributed by atoms with Crippen LogP contribution in [0.2, 0.25) is 0 Å². The van der Waals surface area contributed by atoms with E-state index < -0.39 is 10.9 Å². The molecule has 0 aliphatic heterocycles. The van der Waals surface area contributed by atoms with Crippen molar-refractivity contribution in [3.63, 3.8) is 0 Å². The summed E-state index contributed by atoms with van der Waals surface area (Å²) in [4.78, 5) is 27.2. The third-order valence-electron chi connectivity index (χ3n) is 3.43. The number of hydrogen-bond donors (Lipinski definition) is 0. The summed E-state index contributed by atoms with van der Waals surface area (Å²) in [5.41, 5.74) is 0.572. The second-order valence-corrected chi connectivity index (χ2v) is 4.86. The van der Waals surface area contributed by atoms with Crippen molar-refractivity contribution in [3.8, 4) is 11.5 Å². The van der Waals surface area contributed by atoms with Gasteiger partial charge in [0, 0.05) is 11.6 Å². The number of ether oxygens (including phenoxy) is 2. The minimum absolute atomic E-state index is 0.147. The van der Waals surface area contributed by atoms with Gasteiger partial charge in [0.25, 0.3) is 0 Å². The van der Waals surface area contributed by atoms with E-state index in [9.17, 15) is 14.9 Å². The average molecular weight is 324 g/mol. The number of nitro benzene ring substituents is 1. The Morgan fingerprint density at radius 3 is 2.71 bits per heavy atom. The molecule has 7 nitrogen and oxygen atoms in total. The van der Waals surface area contributed by atoms with Gasteiger partial charge in [-0.25, -0.2) is 4.79 Å². The first-order valence-electron chi connectivity index (χ1n) is 6.98. The van der Waals surface area contributed by atoms with Crippen LogP contribution in [0.3, 0.4) is 0 Å². The molecular formula is C17H12N2O5. The number of carbonyl (C=O) groups excluding carboxylic acids is 1. The molecule has 0 bridgehead atoms. The molecule has 0 saturated carbocycles. The van der Waals surface area contributed by atoms with Crippen LogP contribution in [0.5, 0.6) is 11.5 Å². The lowest BCUT2D eigenvalue weighted by atomic mass is 10.1. The van der Waals surface area contributed by atoms with Crippen LogP contribution in [-0.2, 0) is 0 Å². The quantitative estimate of drug-likeness (QED) is 0.316. The van der Waals surface area contributed by atoms with Crippen molar-refractivity contribution in [2.45, 2.75) is 0 Å². The van der Waals surface area contributed by atoms with E-state index in [2.05, 4.69) is 4.98 Å². The van der Waals surface area contributed by atoms with Crippen LogP contribution in [0.15, 0.2) is 54.7 Å². The number of pyridine rings is 1. The SMILES string of the molecule is COc1ccc(OC(=O)c2ccnc3ccccc23)c([N+](=O)[O-])c1. The number of carbonyl (C=O) groups is 1. The Morgan fingerprint density at radius 2 is 1.96 bits per heavy atom. The standard InChI is InChI=1S/C17H12N2O5/c1-23-11-6-7-16(15(10-11)19(21)22)24-17(20)13-8-9-18-14-5-3-2-4-12(13)14/h2-10H,1H3. The van der Waals surface area contributed by atoms with Crippen LogP contribution in [0.25, 0.3) is 10.9 Å². The highest BCUT2D eigenvalue weighted by Gasteiger charge is 2.21. The van der Waals surface area contributed by atoms with Gasteiger partial charge in [-0.05, 0) is 24.3 Å². The first kappa shape index (κ1) is 15.4. The molecule has 0 aliphatic rings. The van der Waals surface area contributed by atoms with Crippen LogP contribution in [-0.4, -0.2) is 23.0 Å². The van der Waals surface area contributed by atoms with Crippen LogP contribution >= 0.6 is 0 Å². The Hall–Kier alpha value is -3.48. The smallest absolute Gasteiger partial charge is 0.344 e. The molecule has 0 spiro atoms. The van der Waals surface area contributed by atoms with E-state index in [1.807, 2.05) is 0 Å². The number of rotatable bonds is 4. The minimum Gasteiger partial charge on any atom is -0.496 e. The second-order valence-electron chi connectivity index (χ2n) is 4.86. The van der Waals surface area contributed by atoms with Gasteiger partial charge >= 0.3 is 11.7 Å². The van der Waals surface area contributed by atoms with Gasteiger partial charge in [0.15, 0.2) is 0 Å². The van der Waals surface area contributed by atoms with Gasteiger partial charge in [0.05, 0.1) is 29.2 Å². The van der Waals surface area contributed by atoms with E-state index in [1.165, 1.54) is 37.6 Å². The number of nitro groups is 1. The van der Waals surface area contributed by atoms with Gasteiger partial charge in [0.2, 0.25) is 5.75 Å². The number of fused-ring (bicyclic) bond motifs is 1. The highest BCUT2D eigenvalue weighted by atomic mass is 16.6. The van der Waals surface area contributed by atoms with E-state index >= 15 is 0 Å². The molecule has 0 unspecified atom stereocenters. The summed E-state index contributed by atoms with van der Waals surface area (Å²) in [6.07, 6.45) is 1.49. The molecule has 0 atom stereocenters. The van der Waals surface area contributed by atoms with Crippen molar-refractivity contribution in [2.75, 3.05) is 7.11 Å². The number of esters is 1. The number of nitrogens with zero attached hydrogens (tertiary/aromatic N) is 2. The first-order chi connectivity index (χ1) is 11.6. The Bertz CT molecular complexity index is 934. The first-order valence-corrected chi connectivity index (χ1v) is 6.98. The van der Waals surface area contributed by atoms with E-state index in [0.717, 1.165) is 0 Å².